The number of hydrogen-bond acceptors (Lipinski definition) is 2. The average molecular weight is 191 g/mol. The summed E-state index contributed by atoms with van der Waals surface area (Å²) in [6.07, 6.45) is 6.74. The van der Waals surface area contributed by atoms with Gasteiger partial charge in [0, 0.05) is 12.1 Å². The number of nitrogens with zero attached hydrogens (tertiary/aromatic N) is 2. The first-order valence-corrected chi connectivity index (χ1v) is 5.15. The van der Waals surface area contributed by atoms with Crippen molar-refractivity contribution in [3.8, 4) is 0 Å². The van der Waals surface area contributed by atoms with Crippen LogP contribution in [-0.2, 0) is 0 Å². The van der Waals surface area contributed by atoms with E-state index in [0.29, 0.717) is 11.8 Å². The second-order valence-electron chi connectivity index (χ2n) is 4.30. The molecule has 14 heavy (non-hydrogen) atoms. The maximum absolute atomic E-state index is 11.0. The van der Waals surface area contributed by atoms with Gasteiger partial charge in [-0.1, -0.05) is 0 Å². The summed E-state index contributed by atoms with van der Waals surface area (Å²) >= 11 is 0. The fourth-order valence-corrected chi connectivity index (χ4v) is 1.90. The van der Waals surface area contributed by atoms with Gasteiger partial charge in [0.05, 0.1) is 5.69 Å². The molecule has 1 aromatic rings. The lowest BCUT2D eigenvalue weighted by molar-refractivity contribution is 0.247. The predicted molar refractivity (Wildman–Crippen MR) is 51.2 cm³/mol. The molecule has 0 aromatic carbocycles. The quantitative estimate of drug-likeness (QED) is 0.771. The van der Waals surface area contributed by atoms with Gasteiger partial charge in [-0.25, -0.2) is 4.79 Å². The van der Waals surface area contributed by atoms with Gasteiger partial charge >= 0.3 is 6.03 Å². The zero-order valence-electron chi connectivity index (χ0n) is 7.94. The second-order valence-corrected chi connectivity index (χ2v) is 4.30. The third kappa shape index (κ3) is 1.22. The number of carbonyl (C=O) groups excluding carboxylic acids is 1. The molecular formula is C10H13N3O. The average Bonchev–Trinajstić information content (AvgIpc) is 3.03. The minimum absolute atomic E-state index is 0.473. The van der Waals surface area contributed by atoms with Crippen LogP contribution in [0.5, 0.6) is 0 Å². The molecule has 1 aromatic heterocycles. The summed E-state index contributed by atoms with van der Waals surface area (Å²) < 4.78 is 1.29. The maximum atomic E-state index is 11.0. The zero-order chi connectivity index (χ0) is 9.71. The molecule has 1 heterocycles. The third-order valence-corrected chi connectivity index (χ3v) is 2.98. The molecule has 2 aliphatic rings. The molecule has 74 valence electrons. The van der Waals surface area contributed by atoms with Gasteiger partial charge in [-0.3, -0.25) is 0 Å². The summed E-state index contributed by atoms with van der Waals surface area (Å²) in [4.78, 5) is 11.0. The molecule has 2 fully saturated rings. The van der Waals surface area contributed by atoms with E-state index < -0.39 is 6.03 Å². The van der Waals surface area contributed by atoms with Crippen LogP contribution in [0.2, 0.25) is 0 Å². The van der Waals surface area contributed by atoms with Gasteiger partial charge in [0.25, 0.3) is 0 Å². The molecule has 4 heteroatoms. The Morgan fingerprint density at radius 2 is 2.00 bits per heavy atom. The number of primary amides is 1. The van der Waals surface area contributed by atoms with Gasteiger partial charge in [0.2, 0.25) is 0 Å². The fraction of sp³-hybridized carbons (Fsp3) is 0.600. The normalized spacial score (nSPS) is 21.1. The largest absolute Gasteiger partial charge is 0.350 e. The van der Waals surface area contributed by atoms with E-state index in [-0.39, 0.29) is 0 Å². The van der Waals surface area contributed by atoms with Crippen LogP contribution in [0.25, 0.3) is 0 Å². The minimum atomic E-state index is -0.473. The summed E-state index contributed by atoms with van der Waals surface area (Å²) in [6, 6.07) is -0.473. The Balaban J connectivity index is 2.01. The first-order valence-electron chi connectivity index (χ1n) is 5.15. The molecule has 1 amide bonds. The number of rotatable bonds is 2. The topological polar surface area (TPSA) is 60.9 Å². The van der Waals surface area contributed by atoms with Gasteiger partial charge in [0.1, 0.15) is 0 Å². The minimum Gasteiger partial charge on any atom is -0.350 e. The molecule has 0 radical (unpaired) electrons. The Kier molecular flexibility index (Phi) is 1.48. The SMILES string of the molecule is NC(=O)n1cc(C2CC2)c(C2CC2)n1. The lowest BCUT2D eigenvalue weighted by Gasteiger charge is -1.94. The van der Waals surface area contributed by atoms with Gasteiger partial charge in [-0.05, 0) is 37.2 Å². The second kappa shape index (κ2) is 2.59. The fourth-order valence-electron chi connectivity index (χ4n) is 1.90. The van der Waals surface area contributed by atoms with Crippen LogP contribution in [0.15, 0.2) is 6.20 Å². The van der Waals surface area contributed by atoms with Crippen LogP contribution < -0.4 is 5.73 Å². The molecule has 0 bridgehead atoms. The first kappa shape index (κ1) is 8.03. The van der Waals surface area contributed by atoms with Crippen molar-refractivity contribution in [1.82, 2.24) is 9.78 Å². The van der Waals surface area contributed by atoms with E-state index in [9.17, 15) is 4.79 Å². The standard InChI is InChI=1S/C10H13N3O/c11-10(14)13-5-8(6-1-2-6)9(12-13)7-3-4-7/h5-7H,1-4H2,(H2,11,14). The smallest absolute Gasteiger partial charge is 0.339 e. The van der Waals surface area contributed by atoms with Gasteiger partial charge in [-0.2, -0.15) is 9.78 Å². The first-order chi connectivity index (χ1) is 6.75. The molecule has 0 atom stereocenters. The van der Waals surface area contributed by atoms with Crippen LogP contribution in [0.4, 0.5) is 4.79 Å². The maximum Gasteiger partial charge on any atom is 0.339 e. The van der Waals surface area contributed by atoms with Crippen molar-refractivity contribution < 1.29 is 4.79 Å². The van der Waals surface area contributed by atoms with Crippen molar-refractivity contribution in [3.63, 3.8) is 0 Å². The molecule has 0 spiro atoms. The van der Waals surface area contributed by atoms with Crippen LogP contribution in [0.3, 0.4) is 0 Å². The molecule has 2 aliphatic carbocycles. The molecular weight excluding hydrogens is 178 g/mol. The molecule has 0 aliphatic heterocycles. The summed E-state index contributed by atoms with van der Waals surface area (Å²) in [6.45, 7) is 0. The lowest BCUT2D eigenvalue weighted by Crippen LogP contribution is -2.19. The van der Waals surface area contributed by atoms with E-state index in [1.807, 2.05) is 6.20 Å². The van der Waals surface area contributed by atoms with E-state index in [1.165, 1.54) is 35.9 Å². The highest BCUT2D eigenvalue weighted by Crippen LogP contribution is 2.48. The highest BCUT2D eigenvalue weighted by Gasteiger charge is 2.35. The van der Waals surface area contributed by atoms with Crippen molar-refractivity contribution >= 4 is 6.03 Å². The number of carbonyl (C=O) groups is 1. The Hall–Kier alpha value is -1.32. The highest BCUT2D eigenvalue weighted by atomic mass is 16.2. The predicted octanol–water partition coefficient (Wildman–Crippen LogP) is 1.56. The monoisotopic (exact) mass is 191 g/mol. The highest BCUT2D eigenvalue weighted by molar-refractivity contribution is 5.73. The van der Waals surface area contributed by atoms with Crippen LogP contribution in [-0.4, -0.2) is 15.8 Å². The van der Waals surface area contributed by atoms with Crippen LogP contribution in [0, 0.1) is 0 Å². The third-order valence-electron chi connectivity index (χ3n) is 2.98. The number of nitrogens with two attached hydrogens (primary N) is 1. The Labute approximate surface area is 82.1 Å². The van der Waals surface area contributed by atoms with Crippen molar-refractivity contribution in [1.29, 1.82) is 0 Å². The van der Waals surface area contributed by atoms with E-state index >= 15 is 0 Å². The van der Waals surface area contributed by atoms with Crippen molar-refractivity contribution in [2.45, 2.75) is 37.5 Å². The van der Waals surface area contributed by atoms with E-state index in [4.69, 9.17) is 5.73 Å². The van der Waals surface area contributed by atoms with Crippen LogP contribution in [0.1, 0.15) is 48.8 Å². The molecule has 4 nitrogen and oxygen atoms in total. The summed E-state index contributed by atoms with van der Waals surface area (Å²) in [7, 11) is 0. The summed E-state index contributed by atoms with van der Waals surface area (Å²) in [5.74, 6) is 1.25. The molecule has 3 rings (SSSR count). The van der Waals surface area contributed by atoms with Crippen LogP contribution >= 0.6 is 0 Å². The number of amides is 1. The number of hydrogen-bond donors (Lipinski definition) is 1. The van der Waals surface area contributed by atoms with Gasteiger partial charge in [0.15, 0.2) is 0 Å². The van der Waals surface area contributed by atoms with Crippen molar-refractivity contribution in [2.75, 3.05) is 0 Å². The molecule has 0 saturated heterocycles. The molecule has 2 saturated carbocycles. The van der Waals surface area contributed by atoms with Crippen molar-refractivity contribution in [3.05, 3.63) is 17.5 Å². The van der Waals surface area contributed by atoms with Gasteiger partial charge in [-0.15, -0.1) is 0 Å². The Morgan fingerprint density at radius 3 is 2.50 bits per heavy atom. The molecule has 0 unspecified atom stereocenters. The Bertz CT molecular complexity index is 359. The zero-order valence-corrected chi connectivity index (χ0v) is 7.94. The van der Waals surface area contributed by atoms with Gasteiger partial charge < -0.3 is 5.73 Å². The van der Waals surface area contributed by atoms with Crippen molar-refractivity contribution in [2.24, 2.45) is 5.73 Å². The Morgan fingerprint density at radius 1 is 1.36 bits per heavy atom. The summed E-state index contributed by atoms with van der Waals surface area (Å²) in [5.41, 5.74) is 7.60. The molecule has 2 N–H and O–H groups in total. The van der Waals surface area contributed by atoms with E-state index in [2.05, 4.69) is 5.10 Å². The lowest BCUT2D eigenvalue weighted by atomic mass is 10.1. The number of aromatic nitrogens is 2. The summed E-state index contributed by atoms with van der Waals surface area (Å²) in [5, 5.41) is 4.28. The van der Waals surface area contributed by atoms with E-state index in [0.717, 1.165) is 5.69 Å². The van der Waals surface area contributed by atoms with E-state index in [1.54, 1.807) is 0 Å².